The number of nitrogens with one attached hydrogen (secondary N) is 2. The molecule has 1 unspecified atom stereocenters. The predicted molar refractivity (Wildman–Crippen MR) is 82.7 cm³/mol. The monoisotopic (exact) mass is 268 g/mol. The van der Waals surface area contributed by atoms with Gasteiger partial charge >= 0.3 is 0 Å². The lowest BCUT2D eigenvalue weighted by molar-refractivity contribution is -0.115. The first-order valence-corrected chi connectivity index (χ1v) is 6.80. The Morgan fingerprint density at radius 3 is 2.40 bits per heavy atom. The Kier molecular flexibility index (Phi) is 4.91. The highest BCUT2D eigenvalue weighted by atomic mass is 16.1. The molecule has 1 amide bonds. The molecule has 0 bridgehead atoms. The summed E-state index contributed by atoms with van der Waals surface area (Å²) in [6.07, 6.45) is 0. The molecule has 0 aliphatic heterocycles. The Labute approximate surface area is 120 Å². The van der Waals surface area contributed by atoms with Gasteiger partial charge in [0, 0.05) is 11.7 Å². The van der Waals surface area contributed by atoms with Crippen LogP contribution in [0.1, 0.15) is 24.1 Å². The lowest BCUT2D eigenvalue weighted by Crippen LogP contribution is -2.30. The molecule has 0 fully saturated rings. The van der Waals surface area contributed by atoms with E-state index >= 15 is 0 Å². The lowest BCUT2D eigenvalue weighted by atomic mass is 10.0. The summed E-state index contributed by atoms with van der Waals surface area (Å²) in [7, 11) is 0. The standard InChI is InChI=1S/C17H20N2O/c1-13-8-6-7-11-16(13)14(2)18-12-17(20)19-15-9-4-3-5-10-15/h3-11,14,18H,12H2,1-2H3,(H,19,20). The number of amides is 1. The molecule has 0 radical (unpaired) electrons. The van der Waals surface area contributed by atoms with Gasteiger partial charge in [-0.2, -0.15) is 0 Å². The molecule has 2 aromatic carbocycles. The summed E-state index contributed by atoms with van der Waals surface area (Å²) in [5, 5.41) is 6.11. The number of hydrogen-bond acceptors (Lipinski definition) is 2. The van der Waals surface area contributed by atoms with Crippen molar-refractivity contribution >= 4 is 11.6 Å². The predicted octanol–water partition coefficient (Wildman–Crippen LogP) is 3.28. The molecule has 2 rings (SSSR count). The van der Waals surface area contributed by atoms with Gasteiger partial charge in [0.15, 0.2) is 0 Å². The summed E-state index contributed by atoms with van der Waals surface area (Å²) >= 11 is 0. The highest BCUT2D eigenvalue weighted by Crippen LogP contribution is 2.16. The third-order valence-electron chi connectivity index (χ3n) is 3.28. The minimum absolute atomic E-state index is 0.0309. The third kappa shape index (κ3) is 3.93. The van der Waals surface area contributed by atoms with Crippen LogP contribution in [0.2, 0.25) is 0 Å². The summed E-state index contributed by atoms with van der Waals surface area (Å²) in [5.74, 6) is -0.0309. The minimum atomic E-state index is -0.0309. The number of anilines is 1. The van der Waals surface area contributed by atoms with E-state index in [9.17, 15) is 4.79 Å². The van der Waals surface area contributed by atoms with Crippen LogP contribution in [0.4, 0.5) is 5.69 Å². The van der Waals surface area contributed by atoms with Crippen molar-refractivity contribution in [3.63, 3.8) is 0 Å². The lowest BCUT2D eigenvalue weighted by Gasteiger charge is -2.16. The first-order chi connectivity index (χ1) is 9.66. The van der Waals surface area contributed by atoms with E-state index in [4.69, 9.17) is 0 Å². The van der Waals surface area contributed by atoms with Crippen LogP contribution in [-0.4, -0.2) is 12.5 Å². The molecule has 2 aromatic rings. The van der Waals surface area contributed by atoms with Gasteiger partial charge in [0.05, 0.1) is 6.54 Å². The number of para-hydroxylation sites is 1. The first-order valence-electron chi connectivity index (χ1n) is 6.80. The average molecular weight is 268 g/mol. The van der Waals surface area contributed by atoms with Gasteiger partial charge in [-0.1, -0.05) is 42.5 Å². The van der Waals surface area contributed by atoms with Crippen molar-refractivity contribution in [2.75, 3.05) is 11.9 Å². The van der Waals surface area contributed by atoms with Crippen molar-refractivity contribution in [2.24, 2.45) is 0 Å². The number of aryl methyl sites for hydroxylation is 1. The summed E-state index contributed by atoms with van der Waals surface area (Å²) in [5.41, 5.74) is 3.28. The van der Waals surface area contributed by atoms with E-state index in [0.29, 0.717) is 6.54 Å². The molecule has 1 atom stereocenters. The van der Waals surface area contributed by atoms with Crippen LogP contribution in [0.25, 0.3) is 0 Å². The first kappa shape index (κ1) is 14.3. The van der Waals surface area contributed by atoms with Gasteiger partial charge < -0.3 is 10.6 Å². The van der Waals surface area contributed by atoms with Crippen molar-refractivity contribution in [1.29, 1.82) is 0 Å². The molecule has 0 spiro atoms. The topological polar surface area (TPSA) is 41.1 Å². The molecule has 0 aromatic heterocycles. The Morgan fingerprint density at radius 2 is 1.70 bits per heavy atom. The fraction of sp³-hybridized carbons (Fsp3) is 0.235. The molecule has 0 aliphatic rings. The molecule has 0 aliphatic carbocycles. The van der Waals surface area contributed by atoms with Gasteiger partial charge in [-0.3, -0.25) is 4.79 Å². The summed E-state index contributed by atoms with van der Waals surface area (Å²) in [6.45, 7) is 4.44. The smallest absolute Gasteiger partial charge is 0.238 e. The molecular formula is C17H20N2O. The number of carbonyl (C=O) groups excluding carboxylic acids is 1. The van der Waals surface area contributed by atoms with Crippen LogP contribution in [-0.2, 0) is 4.79 Å². The summed E-state index contributed by atoms with van der Waals surface area (Å²) in [6, 6.07) is 17.8. The third-order valence-corrected chi connectivity index (χ3v) is 3.28. The van der Waals surface area contributed by atoms with E-state index in [0.717, 1.165) is 5.69 Å². The maximum Gasteiger partial charge on any atom is 0.238 e. The SMILES string of the molecule is Cc1ccccc1C(C)NCC(=O)Nc1ccccc1. The fourth-order valence-corrected chi connectivity index (χ4v) is 2.16. The van der Waals surface area contributed by atoms with E-state index in [1.54, 1.807) is 0 Å². The molecule has 0 saturated carbocycles. The Morgan fingerprint density at radius 1 is 1.05 bits per heavy atom. The van der Waals surface area contributed by atoms with E-state index in [1.807, 2.05) is 42.5 Å². The zero-order valence-corrected chi connectivity index (χ0v) is 11.9. The molecule has 0 heterocycles. The van der Waals surface area contributed by atoms with E-state index in [2.05, 4.69) is 36.6 Å². The number of rotatable bonds is 5. The quantitative estimate of drug-likeness (QED) is 0.873. The van der Waals surface area contributed by atoms with E-state index in [-0.39, 0.29) is 11.9 Å². The highest BCUT2D eigenvalue weighted by molar-refractivity contribution is 5.92. The van der Waals surface area contributed by atoms with Crippen molar-refractivity contribution in [3.8, 4) is 0 Å². The summed E-state index contributed by atoms with van der Waals surface area (Å²) in [4.78, 5) is 11.9. The molecule has 3 heteroatoms. The second-order valence-corrected chi connectivity index (χ2v) is 4.87. The van der Waals surface area contributed by atoms with Gasteiger partial charge in [0.25, 0.3) is 0 Å². The Bertz CT molecular complexity index is 566. The van der Waals surface area contributed by atoms with Crippen LogP contribution >= 0.6 is 0 Å². The second kappa shape index (κ2) is 6.87. The molecule has 0 saturated heterocycles. The van der Waals surface area contributed by atoms with Gasteiger partial charge in [0.1, 0.15) is 0 Å². The van der Waals surface area contributed by atoms with Gasteiger partial charge in [-0.05, 0) is 37.1 Å². The Balaban J connectivity index is 1.86. The van der Waals surface area contributed by atoms with Gasteiger partial charge in [-0.25, -0.2) is 0 Å². The van der Waals surface area contributed by atoms with Crippen LogP contribution in [0.3, 0.4) is 0 Å². The van der Waals surface area contributed by atoms with Crippen LogP contribution in [0.15, 0.2) is 54.6 Å². The molecule has 20 heavy (non-hydrogen) atoms. The van der Waals surface area contributed by atoms with Crippen LogP contribution in [0, 0.1) is 6.92 Å². The van der Waals surface area contributed by atoms with Crippen LogP contribution < -0.4 is 10.6 Å². The highest BCUT2D eigenvalue weighted by Gasteiger charge is 2.09. The van der Waals surface area contributed by atoms with Crippen molar-refractivity contribution < 1.29 is 4.79 Å². The number of carbonyl (C=O) groups is 1. The van der Waals surface area contributed by atoms with Gasteiger partial charge in [0.2, 0.25) is 5.91 Å². The fourth-order valence-electron chi connectivity index (χ4n) is 2.16. The molecular weight excluding hydrogens is 248 g/mol. The zero-order valence-electron chi connectivity index (χ0n) is 11.9. The van der Waals surface area contributed by atoms with Crippen molar-refractivity contribution in [1.82, 2.24) is 5.32 Å². The second-order valence-electron chi connectivity index (χ2n) is 4.87. The Hall–Kier alpha value is -2.13. The summed E-state index contributed by atoms with van der Waals surface area (Å²) < 4.78 is 0. The van der Waals surface area contributed by atoms with Crippen molar-refractivity contribution in [3.05, 3.63) is 65.7 Å². The molecule has 104 valence electrons. The molecule has 3 nitrogen and oxygen atoms in total. The largest absolute Gasteiger partial charge is 0.325 e. The zero-order chi connectivity index (χ0) is 14.4. The van der Waals surface area contributed by atoms with E-state index in [1.165, 1.54) is 11.1 Å². The molecule has 2 N–H and O–H groups in total. The maximum atomic E-state index is 11.9. The normalized spacial score (nSPS) is 11.9. The average Bonchev–Trinajstić information content (AvgIpc) is 2.46. The van der Waals surface area contributed by atoms with Gasteiger partial charge in [-0.15, -0.1) is 0 Å². The number of benzene rings is 2. The van der Waals surface area contributed by atoms with E-state index < -0.39 is 0 Å². The van der Waals surface area contributed by atoms with Crippen molar-refractivity contribution in [2.45, 2.75) is 19.9 Å². The minimum Gasteiger partial charge on any atom is -0.325 e. The maximum absolute atomic E-state index is 11.9. The van der Waals surface area contributed by atoms with Crippen LogP contribution in [0.5, 0.6) is 0 Å². The number of hydrogen-bond donors (Lipinski definition) is 2.